The third kappa shape index (κ3) is 2.84. The number of amides is 1. The van der Waals surface area contributed by atoms with Crippen LogP contribution in [0.15, 0.2) is 22.7 Å². The van der Waals surface area contributed by atoms with E-state index in [1.54, 1.807) is 30.1 Å². The van der Waals surface area contributed by atoms with E-state index in [4.69, 9.17) is 11.6 Å². The summed E-state index contributed by atoms with van der Waals surface area (Å²) in [7, 11) is 1.72. The molecule has 1 saturated carbocycles. The molecule has 0 atom stereocenters. The Balaban J connectivity index is 2.30. The Labute approximate surface area is 132 Å². The number of nitrogens with zero attached hydrogens (tertiary/aromatic N) is 2. The van der Waals surface area contributed by atoms with Crippen molar-refractivity contribution in [3.05, 3.63) is 33.3 Å². The molecule has 0 spiro atoms. The highest BCUT2D eigenvalue weighted by molar-refractivity contribution is 9.10. The van der Waals surface area contributed by atoms with Crippen molar-refractivity contribution < 1.29 is 4.79 Å². The molecule has 2 rings (SSSR count). The van der Waals surface area contributed by atoms with Gasteiger partial charge in [-0.05, 0) is 47.0 Å². The number of hydrogen-bond acceptors (Lipinski definition) is 2. The number of rotatable bonds is 2. The van der Waals surface area contributed by atoms with Gasteiger partial charge in [0, 0.05) is 16.5 Å². The van der Waals surface area contributed by atoms with Gasteiger partial charge in [0.05, 0.1) is 11.6 Å². The van der Waals surface area contributed by atoms with Gasteiger partial charge in [0.1, 0.15) is 5.54 Å². The highest BCUT2D eigenvalue weighted by atomic mass is 79.9. The van der Waals surface area contributed by atoms with E-state index in [9.17, 15) is 10.1 Å². The first-order valence-corrected chi connectivity index (χ1v) is 7.82. The minimum Gasteiger partial charge on any atom is -0.323 e. The molecular formula is C15H16BrClN2O. The molecule has 1 aliphatic rings. The van der Waals surface area contributed by atoms with E-state index in [0.717, 1.165) is 32.1 Å². The number of carbonyl (C=O) groups is 1. The molecule has 0 radical (unpaired) electrons. The van der Waals surface area contributed by atoms with Crippen LogP contribution in [0.2, 0.25) is 5.02 Å². The summed E-state index contributed by atoms with van der Waals surface area (Å²) in [4.78, 5) is 14.2. The molecule has 1 fully saturated rings. The van der Waals surface area contributed by atoms with Crippen molar-refractivity contribution in [2.45, 2.75) is 37.6 Å². The molecule has 0 heterocycles. The molecule has 0 saturated heterocycles. The summed E-state index contributed by atoms with van der Waals surface area (Å²) >= 11 is 9.26. The van der Waals surface area contributed by atoms with Crippen LogP contribution in [0.25, 0.3) is 0 Å². The van der Waals surface area contributed by atoms with Crippen molar-refractivity contribution in [3.8, 4) is 6.07 Å². The molecule has 1 aromatic carbocycles. The SMILES string of the molecule is CN(C(=O)c1ccc(Cl)cc1Br)C1(C#N)CCCCC1. The summed E-state index contributed by atoms with van der Waals surface area (Å²) in [6, 6.07) is 7.44. The summed E-state index contributed by atoms with van der Waals surface area (Å²) in [5, 5.41) is 10.1. The average Bonchev–Trinajstić information content (AvgIpc) is 2.46. The van der Waals surface area contributed by atoms with Crippen molar-refractivity contribution in [2.24, 2.45) is 0 Å². The molecule has 1 aliphatic carbocycles. The highest BCUT2D eigenvalue weighted by Gasteiger charge is 2.39. The normalized spacial score (nSPS) is 17.3. The number of hydrogen-bond donors (Lipinski definition) is 0. The minimum atomic E-state index is -0.672. The van der Waals surface area contributed by atoms with Crippen molar-refractivity contribution in [3.63, 3.8) is 0 Å². The lowest BCUT2D eigenvalue weighted by Gasteiger charge is -2.39. The Morgan fingerprint density at radius 1 is 1.40 bits per heavy atom. The zero-order chi connectivity index (χ0) is 14.8. The summed E-state index contributed by atoms with van der Waals surface area (Å²) < 4.78 is 0.658. The minimum absolute atomic E-state index is 0.142. The molecule has 3 nitrogen and oxygen atoms in total. The summed E-state index contributed by atoms with van der Waals surface area (Å²) in [5.41, 5.74) is -0.133. The van der Waals surface area contributed by atoms with Crippen LogP contribution in [0.4, 0.5) is 0 Å². The lowest BCUT2D eigenvalue weighted by Crippen LogP contribution is -2.49. The van der Waals surface area contributed by atoms with Gasteiger partial charge in [-0.3, -0.25) is 4.79 Å². The molecule has 0 N–H and O–H groups in total. The molecule has 106 valence electrons. The first-order valence-electron chi connectivity index (χ1n) is 6.65. The van der Waals surface area contributed by atoms with Crippen LogP contribution < -0.4 is 0 Å². The van der Waals surface area contributed by atoms with Crippen LogP contribution in [0.3, 0.4) is 0 Å². The van der Waals surface area contributed by atoms with Gasteiger partial charge in [-0.1, -0.05) is 30.9 Å². The van der Waals surface area contributed by atoms with Crippen LogP contribution in [-0.2, 0) is 0 Å². The Kier molecular flexibility index (Phi) is 4.72. The van der Waals surface area contributed by atoms with E-state index in [2.05, 4.69) is 22.0 Å². The molecule has 0 aliphatic heterocycles. The van der Waals surface area contributed by atoms with Crippen LogP contribution in [0.1, 0.15) is 42.5 Å². The number of benzene rings is 1. The van der Waals surface area contributed by atoms with Crippen LogP contribution in [0.5, 0.6) is 0 Å². The maximum atomic E-state index is 12.6. The quantitative estimate of drug-likeness (QED) is 0.789. The molecule has 0 unspecified atom stereocenters. The number of halogens is 2. The van der Waals surface area contributed by atoms with Crippen LogP contribution >= 0.6 is 27.5 Å². The van der Waals surface area contributed by atoms with Gasteiger partial charge in [0.2, 0.25) is 0 Å². The first kappa shape index (κ1) is 15.3. The first-order chi connectivity index (χ1) is 9.50. The predicted octanol–water partition coefficient (Wildman–Crippen LogP) is 4.40. The Morgan fingerprint density at radius 3 is 2.60 bits per heavy atom. The standard InChI is InChI=1S/C15H16BrClN2O/c1-19(15(10-18)7-3-2-4-8-15)14(20)12-6-5-11(17)9-13(12)16/h5-6,9H,2-4,7-8H2,1H3. The van der Waals surface area contributed by atoms with Crippen LogP contribution in [0, 0.1) is 11.3 Å². The van der Waals surface area contributed by atoms with E-state index in [-0.39, 0.29) is 5.91 Å². The van der Waals surface area contributed by atoms with Gasteiger partial charge in [-0.15, -0.1) is 0 Å². The Hall–Kier alpha value is -1.05. The second-order valence-corrected chi connectivity index (χ2v) is 6.48. The third-order valence-corrected chi connectivity index (χ3v) is 4.89. The van der Waals surface area contributed by atoms with Gasteiger partial charge >= 0.3 is 0 Å². The summed E-state index contributed by atoms with van der Waals surface area (Å²) in [6.45, 7) is 0. The van der Waals surface area contributed by atoms with Gasteiger partial charge in [-0.2, -0.15) is 5.26 Å². The molecule has 0 aromatic heterocycles. The fraction of sp³-hybridized carbons (Fsp3) is 0.467. The molecule has 20 heavy (non-hydrogen) atoms. The largest absolute Gasteiger partial charge is 0.323 e. The number of nitriles is 1. The van der Waals surface area contributed by atoms with Crippen molar-refractivity contribution >= 4 is 33.4 Å². The molecule has 5 heteroatoms. The zero-order valence-electron chi connectivity index (χ0n) is 11.3. The monoisotopic (exact) mass is 354 g/mol. The highest BCUT2D eigenvalue weighted by Crippen LogP contribution is 2.34. The Bertz CT molecular complexity index is 561. The molecule has 0 bridgehead atoms. The van der Waals surface area contributed by atoms with Crippen molar-refractivity contribution in [2.75, 3.05) is 7.05 Å². The van der Waals surface area contributed by atoms with Crippen molar-refractivity contribution in [1.29, 1.82) is 5.26 Å². The fourth-order valence-corrected chi connectivity index (χ4v) is 3.55. The topological polar surface area (TPSA) is 44.1 Å². The second-order valence-electron chi connectivity index (χ2n) is 5.19. The average molecular weight is 356 g/mol. The zero-order valence-corrected chi connectivity index (χ0v) is 13.7. The van der Waals surface area contributed by atoms with Crippen LogP contribution in [-0.4, -0.2) is 23.4 Å². The predicted molar refractivity (Wildman–Crippen MR) is 82.7 cm³/mol. The maximum Gasteiger partial charge on any atom is 0.256 e. The molecule has 1 aromatic rings. The summed E-state index contributed by atoms with van der Waals surface area (Å²) in [5.74, 6) is -0.142. The third-order valence-electron chi connectivity index (χ3n) is 4.00. The van der Waals surface area contributed by atoms with E-state index in [1.807, 2.05) is 0 Å². The lowest BCUT2D eigenvalue weighted by atomic mass is 9.81. The Morgan fingerprint density at radius 2 is 2.05 bits per heavy atom. The van der Waals surface area contributed by atoms with E-state index < -0.39 is 5.54 Å². The van der Waals surface area contributed by atoms with E-state index >= 15 is 0 Å². The number of carbonyl (C=O) groups excluding carboxylic acids is 1. The molecule has 1 amide bonds. The van der Waals surface area contributed by atoms with Gasteiger partial charge in [-0.25, -0.2) is 0 Å². The van der Waals surface area contributed by atoms with Gasteiger partial charge in [0.25, 0.3) is 5.91 Å². The van der Waals surface area contributed by atoms with E-state index in [0.29, 0.717) is 15.1 Å². The smallest absolute Gasteiger partial charge is 0.256 e. The van der Waals surface area contributed by atoms with Gasteiger partial charge in [0.15, 0.2) is 0 Å². The second kappa shape index (κ2) is 6.15. The van der Waals surface area contributed by atoms with E-state index in [1.165, 1.54) is 0 Å². The maximum absolute atomic E-state index is 12.6. The molecular weight excluding hydrogens is 340 g/mol. The lowest BCUT2D eigenvalue weighted by molar-refractivity contribution is 0.0588. The van der Waals surface area contributed by atoms with Crippen molar-refractivity contribution in [1.82, 2.24) is 4.90 Å². The van der Waals surface area contributed by atoms with Gasteiger partial charge < -0.3 is 4.90 Å². The summed E-state index contributed by atoms with van der Waals surface area (Å²) in [6.07, 6.45) is 4.62. The fourth-order valence-electron chi connectivity index (χ4n) is 2.70.